The van der Waals surface area contributed by atoms with E-state index in [1.54, 1.807) is 4.90 Å². The second kappa shape index (κ2) is 14.1. The fourth-order valence-electron chi connectivity index (χ4n) is 5.86. The molecule has 2 amide bonds. The molecule has 6 nitrogen and oxygen atoms in total. The molecule has 1 N–H and O–H groups in total. The molecule has 1 aliphatic heterocycles. The van der Waals surface area contributed by atoms with Gasteiger partial charge in [0.1, 0.15) is 0 Å². The number of carbonyl (C=O) groups excluding carboxylic acids is 3. The zero-order valence-corrected chi connectivity index (χ0v) is 22.6. The number of unbranched alkanes of at least 4 members (excludes halogenated alkanes) is 2. The number of imide groups is 1. The lowest BCUT2D eigenvalue weighted by molar-refractivity contribution is -0.137. The van der Waals surface area contributed by atoms with Gasteiger partial charge in [-0.2, -0.15) is 0 Å². The second-order valence-electron chi connectivity index (χ2n) is 10.6. The summed E-state index contributed by atoms with van der Waals surface area (Å²) < 4.78 is 5.02. The molecule has 0 saturated heterocycles. The van der Waals surface area contributed by atoms with E-state index in [2.05, 4.69) is 11.9 Å². The monoisotopic (exact) mass is 518 g/mol. The van der Waals surface area contributed by atoms with E-state index < -0.39 is 0 Å². The van der Waals surface area contributed by atoms with Crippen LogP contribution in [0.15, 0.2) is 43.0 Å². The summed E-state index contributed by atoms with van der Waals surface area (Å²) in [5.74, 6) is -0.672. The first-order valence-electron chi connectivity index (χ1n) is 14.6. The van der Waals surface area contributed by atoms with Crippen LogP contribution in [-0.4, -0.2) is 41.9 Å². The minimum absolute atomic E-state index is 0.0265. The van der Waals surface area contributed by atoms with Crippen LogP contribution in [0.2, 0.25) is 0 Å². The molecule has 1 fully saturated rings. The summed E-state index contributed by atoms with van der Waals surface area (Å²) in [6, 6.07) is 9.62. The molecule has 0 unspecified atom stereocenters. The Balaban J connectivity index is 1.45. The van der Waals surface area contributed by atoms with Gasteiger partial charge in [-0.1, -0.05) is 76.5 Å². The van der Waals surface area contributed by atoms with Crippen molar-refractivity contribution in [2.24, 2.45) is 0 Å². The fraction of sp³-hybridized carbons (Fsp3) is 0.531. The van der Waals surface area contributed by atoms with Crippen molar-refractivity contribution < 1.29 is 19.1 Å². The largest absolute Gasteiger partial charge is 0.463 e. The highest BCUT2D eigenvalue weighted by Crippen LogP contribution is 2.36. The van der Waals surface area contributed by atoms with Crippen LogP contribution in [0.3, 0.4) is 0 Å². The Bertz CT molecular complexity index is 1110. The van der Waals surface area contributed by atoms with E-state index >= 15 is 0 Å². The molecular formula is C32H42N2O4. The van der Waals surface area contributed by atoms with Crippen LogP contribution in [0.1, 0.15) is 111 Å². The Kier molecular flexibility index (Phi) is 10.4. The number of nitrogens with one attached hydrogen (secondary N) is 1. The number of carbonyl (C=O) groups is 3. The van der Waals surface area contributed by atoms with Gasteiger partial charge in [0.25, 0.3) is 11.8 Å². The summed E-state index contributed by atoms with van der Waals surface area (Å²) in [7, 11) is 0. The number of hydrogen-bond acceptors (Lipinski definition) is 5. The summed E-state index contributed by atoms with van der Waals surface area (Å²) in [5, 5.41) is 5.17. The molecule has 2 aromatic carbocycles. The predicted octanol–water partition coefficient (Wildman–Crippen LogP) is 7.42. The number of benzene rings is 2. The normalized spacial score (nSPS) is 17.5. The van der Waals surface area contributed by atoms with Crippen molar-refractivity contribution >= 4 is 34.2 Å². The van der Waals surface area contributed by atoms with Gasteiger partial charge in [0.15, 0.2) is 0 Å². The topological polar surface area (TPSA) is 75.7 Å². The first-order chi connectivity index (χ1) is 18.6. The van der Waals surface area contributed by atoms with Gasteiger partial charge in [0.2, 0.25) is 0 Å². The molecule has 0 spiro atoms. The Morgan fingerprint density at radius 3 is 2.16 bits per heavy atom. The summed E-state index contributed by atoms with van der Waals surface area (Å²) in [4.78, 5) is 40.3. The van der Waals surface area contributed by atoms with E-state index in [1.807, 2.05) is 30.3 Å². The molecule has 2 aromatic rings. The molecule has 6 heteroatoms. The quantitative estimate of drug-likeness (QED) is 0.162. The molecule has 38 heavy (non-hydrogen) atoms. The van der Waals surface area contributed by atoms with Crippen LogP contribution in [0, 0.1) is 0 Å². The van der Waals surface area contributed by atoms with Gasteiger partial charge in [-0.3, -0.25) is 14.5 Å². The minimum Gasteiger partial charge on any atom is -0.463 e. The van der Waals surface area contributed by atoms with Gasteiger partial charge in [-0.15, -0.1) is 0 Å². The third kappa shape index (κ3) is 6.83. The van der Waals surface area contributed by atoms with Crippen LogP contribution < -0.4 is 5.32 Å². The molecule has 0 radical (unpaired) electrons. The molecular weight excluding hydrogens is 476 g/mol. The van der Waals surface area contributed by atoms with E-state index in [0.717, 1.165) is 68.0 Å². The van der Waals surface area contributed by atoms with Gasteiger partial charge in [-0.05, 0) is 50.3 Å². The molecule has 1 aliphatic carbocycles. The lowest BCUT2D eigenvalue weighted by Gasteiger charge is -2.34. The maximum atomic E-state index is 13.8. The van der Waals surface area contributed by atoms with Crippen LogP contribution in [-0.2, 0) is 9.53 Å². The number of nitrogens with zero attached hydrogens (tertiary/aromatic N) is 1. The zero-order chi connectivity index (χ0) is 26.7. The Morgan fingerprint density at radius 1 is 0.868 bits per heavy atom. The maximum absolute atomic E-state index is 13.8. The van der Waals surface area contributed by atoms with Crippen LogP contribution >= 0.6 is 0 Å². The molecule has 0 aromatic heterocycles. The van der Waals surface area contributed by atoms with Crippen LogP contribution in [0.5, 0.6) is 0 Å². The summed E-state index contributed by atoms with van der Waals surface area (Å²) in [6.45, 7) is 4.55. The number of anilines is 1. The lowest BCUT2D eigenvalue weighted by Crippen LogP contribution is -2.47. The van der Waals surface area contributed by atoms with E-state index in [1.165, 1.54) is 51.0 Å². The van der Waals surface area contributed by atoms with Gasteiger partial charge in [0, 0.05) is 46.2 Å². The molecule has 1 saturated carbocycles. The molecule has 2 aliphatic rings. The Hall–Kier alpha value is -3.15. The average molecular weight is 519 g/mol. The molecule has 1 heterocycles. The van der Waals surface area contributed by atoms with Gasteiger partial charge < -0.3 is 10.1 Å². The van der Waals surface area contributed by atoms with Gasteiger partial charge >= 0.3 is 5.97 Å². The second-order valence-corrected chi connectivity index (χ2v) is 10.6. The Labute approximate surface area is 226 Å². The highest BCUT2D eigenvalue weighted by Gasteiger charge is 2.37. The highest BCUT2D eigenvalue weighted by atomic mass is 16.5. The smallest absolute Gasteiger partial charge is 0.330 e. The average Bonchev–Trinajstić information content (AvgIpc) is 2.92. The number of esters is 1. The molecule has 4 rings (SSSR count). The van der Waals surface area contributed by atoms with Crippen molar-refractivity contribution in [1.29, 1.82) is 0 Å². The van der Waals surface area contributed by atoms with Gasteiger partial charge in [-0.25, -0.2) is 4.79 Å². The molecule has 204 valence electrons. The van der Waals surface area contributed by atoms with Crippen molar-refractivity contribution in [2.45, 2.75) is 95.9 Å². The van der Waals surface area contributed by atoms with E-state index in [4.69, 9.17) is 4.74 Å². The number of ether oxygens (including phenoxy) is 1. The first kappa shape index (κ1) is 27.9. The summed E-state index contributed by atoms with van der Waals surface area (Å²) >= 11 is 0. The van der Waals surface area contributed by atoms with Gasteiger partial charge in [0.05, 0.1) is 6.61 Å². The predicted molar refractivity (Wildman–Crippen MR) is 153 cm³/mol. The SMILES string of the molecule is C=CC(=O)OCCCCCNc1ccc2c3c(cccc13)C(=O)N(C1CCCCCCCCCCC1)C2=O. The third-order valence-electron chi connectivity index (χ3n) is 7.93. The number of hydrogen-bond donors (Lipinski definition) is 1. The van der Waals surface area contributed by atoms with Crippen LogP contribution in [0.25, 0.3) is 10.8 Å². The number of amides is 2. The van der Waals surface area contributed by atoms with Crippen molar-refractivity contribution in [3.63, 3.8) is 0 Å². The molecule has 0 atom stereocenters. The zero-order valence-electron chi connectivity index (χ0n) is 22.6. The van der Waals surface area contributed by atoms with E-state index in [0.29, 0.717) is 17.7 Å². The maximum Gasteiger partial charge on any atom is 0.330 e. The number of rotatable bonds is 9. The summed E-state index contributed by atoms with van der Waals surface area (Å²) in [5.41, 5.74) is 2.20. The lowest BCUT2D eigenvalue weighted by atomic mass is 9.90. The van der Waals surface area contributed by atoms with E-state index in [9.17, 15) is 14.4 Å². The molecule has 0 bridgehead atoms. The van der Waals surface area contributed by atoms with Crippen LogP contribution in [0.4, 0.5) is 5.69 Å². The van der Waals surface area contributed by atoms with Crippen molar-refractivity contribution in [3.05, 3.63) is 54.1 Å². The first-order valence-corrected chi connectivity index (χ1v) is 14.6. The third-order valence-corrected chi connectivity index (χ3v) is 7.93. The minimum atomic E-state index is -0.388. The van der Waals surface area contributed by atoms with Crippen molar-refractivity contribution in [2.75, 3.05) is 18.5 Å². The van der Waals surface area contributed by atoms with Crippen molar-refractivity contribution in [3.8, 4) is 0 Å². The van der Waals surface area contributed by atoms with E-state index in [-0.39, 0.29) is 23.8 Å². The summed E-state index contributed by atoms with van der Waals surface area (Å²) in [6.07, 6.45) is 16.5. The van der Waals surface area contributed by atoms with Crippen molar-refractivity contribution in [1.82, 2.24) is 4.90 Å². The fourth-order valence-corrected chi connectivity index (χ4v) is 5.86. The standard InChI is InChI=1S/C32H42N2O4/c1-2-29(35)38-23-14-10-13-22-33-28-21-20-27-30-25(28)18-15-19-26(30)31(36)34(32(27)37)24-16-11-8-6-4-3-5-7-9-12-17-24/h2,15,18-21,24,33H,1,3-14,16-17,22-23H2. The highest BCUT2D eigenvalue weighted by molar-refractivity contribution is 6.26. The Morgan fingerprint density at radius 2 is 1.50 bits per heavy atom.